The van der Waals surface area contributed by atoms with Crippen LogP contribution >= 0.6 is 0 Å². The molecule has 1 heterocycles. The van der Waals surface area contributed by atoms with E-state index in [4.69, 9.17) is 9.47 Å². The number of esters is 1. The van der Waals surface area contributed by atoms with Crippen LogP contribution in [-0.4, -0.2) is 23.3 Å². The Kier molecular flexibility index (Phi) is 9.80. The summed E-state index contributed by atoms with van der Waals surface area (Å²) in [6.07, 6.45) is 11.1. The molecule has 36 heavy (non-hydrogen) atoms. The van der Waals surface area contributed by atoms with Gasteiger partial charge in [0.05, 0.1) is 12.5 Å². The molecule has 0 bridgehead atoms. The standard InChI is InChI=1S/C29H43NO6/c1-6-11-22(12-7-2)28(31)35-25-18-21(13-9-8-10-16-34-30(32)33)19-26-27(25)23-17-20(3)14-15-24(23)29(4,5)36-26/h17-19,22-24H,6-16H2,1-5H3. The summed E-state index contributed by atoms with van der Waals surface area (Å²) in [5.74, 6) is 1.68. The zero-order valence-electron chi connectivity index (χ0n) is 22.6. The molecule has 1 aliphatic carbocycles. The van der Waals surface area contributed by atoms with E-state index in [-0.39, 0.29) is 30.0 Å². The second kappa shape index (κ2) is 12.6. The van der Waals surface area contributed by atoms with E-state index in [1.54, 1.807) is 0 Å². The van der Waals surface area contributed by atoms with Gasteiger partial charge in [0, 0.05) is 17.4 Å². The Morgan fingerprint density at radius 3 is 2.58 bits per heavy atom. The van der Waals surface area contributed by atoms with Gasteiger partial charge in [-0.25, -0.2) is 0 Å². The summed E-state index contributed by atoms with van der Waals surface area (Å²) in [7, 11) is 0. The third-order valence-corrected chi connectivity index (χ3v) is 7.64. The highest BCUT2D eigenvalue weighted by Crippen LogP contribution is 2.54. The van der Waals surface area contributed by atoms with Gasteiger partial charge in [-0.05, 0) is 83.4 Å². The lowest BCUT2D eigenvalue weighted by Gasteiger charge is -2.46. The van der Waals surface area contributed by atoms with Gasteiger partial charge in [-0.1, -0.05) is 44.8 Å². The molecule has 1 aromatic carbocycles. The van der Waals surface area contributed by atoms with Crippen LogP contribution in [0.1, 0.15) is 109 Å². The van der Waals surface area contributed by atoms with E-state index in [0.29, 0.717) is 18.1 Å². The second-order valence-corrected chi connectivity index (χ2v) is 11.0. The number of benzene rings is 1. The molecule has 1 aliphatic heterocycles. The van der Waals surface area contributed by atoms with Crippen molar-refractivity contribution < 1.29 is 24.2 Å². The zero-order valence-corrected chi connectivity index (χ0v) is 22.6. The van der Waals surface area contributed by atoms with Gasteiger partial charge < -0.3 is 14.3 Å². The fourth-order valence-electron chi connectivity index (χ4n) is 5.81. The average molecular weight is 502 g/mol. The predicted octanol–water partition coefficient (Wildman–Crippen LogP) is 7.34. The first kappa shape index (κ1) is 28.0. The number of carbonyl (C=O) groups excluding carboxylic acids is 1. The molecule has 0 spiro atoms. The summed E-state index contributed by atoms with van der Waals surface area (Å²) in [6, 6.07) is 4.13. The summed E-state index contributed by atoms with van der Waals surface area (Å²) >= 11 is 0. The predicted molar refractivity (Wildman–Crippen MR) is 140 cm³/mol. The fraction of sp³-hybridized carbons (Fsp3) is 0.690. The topological polar surface area (TPSA) is 87.9 Å². The van der Waals surface area contributed by atoms with Crippen LogP contribution in [0.3, 0.4) is 0 Å². The lowest BCUT2D eigenvalue weighted by molar-refractivity contribution is -0.757. The van der Waals surface area contributed by atoms with E-state index in [2.05, 4.69) is 51.6 Å². The largest absolute Gasteiger partial charge is 0.487 e. The molecule has 0 aromatic heterocycles. The van der Waals surface area contributed by atoms with Crippen molar-refractivity contribution in [3.05, 3.63) is 45.0 Å². The highest BCUT2D eigenvalue weighted by Gasteiger charge is 2.45. The smallest absolute Gasteiger partial charge is 0.314 e. The minimum Gasteiger partial charge on any atom is -0.487 e. The summed E-state index contributed by atoms with van der Waals surface area (Å²) in [6.45, 7) is 10.8. The summed E-state index contributed by atoms with van der Waals surface area (Å²) < 4.78 is 12.8. The number of hydrogen-bond donors (Lipinski definition) is 0. The first-order chi connectivity index (χ1) is 17.2. The van der Waals surface area contributed by atoms with Crippen LogP contribution in [-0.2, 0) is 16.1 Å². The van der Waals surface area contributed by atoms with Crippen LogP contribution in [0.15, 0.2) is 23.8 Å². The number of aryl methyl sites for hydroxylation is 1. The van der Waals surface area contributed by atoms with Gasteiger partial charge in [-0.3, -0.25) is 4.79 Å². The number of unbranched alkanes of at least 4 members (excludes halogenated alkanes) is 2. The molecule has 0 N–H and O–H groups in total. The molecule has 3 rings (SSSR count). The molecule has 2 atom stereocenters. The Bertz CT molecular complexity index is 947. The van der Waals surface area contributed by atoms with Crippen molar-refractivity contribution in [1.82, 2.24) is 0 Å². The fourth-order valence-corrected chi connectivity index (χ4v) is 5.81. The Balaban J connectivity index is 1.90. The minimum atomic E-state index is -0.748. The van der Waals surface area contributed by atoms with Crippen LogP contribution < -0.4 is 9.47 Å². The van der Waals surface area contributed by atoms with Gasteiger partial charge in [-0.15, -0.1) is 10.1 Å². The lowest BCUT2D eigenvalue weighted by Crippen LogP contribution is -2.45. The normalized spacial score (nSPS) is 20.1. The summed E-state index contributed by atoms with van der Waals surface area (Å²) in [5.41, 5.74) is 3.11. The Morgan fingerprint density at radius 1 is 1.19 bits per heavy atom. The molecule has 200 valence electrons. The van der Waals surface area contributed by atoms with Gasteiger partial charge in [0.15, 0.2) is 0 Å². The molecule has 0 fully saturated rings. The number of hydrogen-bond acceptors (Lipinski definition) is 6. The molecule has 1 aromatic rings. The highest BCUT2D eigenvalue weighted by atomic mass is 16.9. The molecular formula is C29H43NO6. The molecule has 0 amide bonds. The van der Waals surface area contributed by atoms with E-state index < -0.39 is 5.09 Å². The number of allylic oxidation sites excluding steroid dienone is 2. The van der Waals surface area contributed by atoms with Crippen LogP contribution in [0, 0.1) is 22.0 Å². The Labute approximate surface area is 215 Å². The highest BCUT2D eigenvalue weighted by molar-refractivity contribution is 5.76. The van der Waals surface area contributed by atoms with Crippen molar-refractivity contribution >= 4 is 5.97 Å². The third kappa shape index (κ3) is 7.01. The number of carbonyl (C=O) groups is 1. The molecule has 0 saturated carbocycles. The summed E-state index contributed by atoms with van der Waals surface area (Å²) in [5, 5.41) is 9.59. The van der Waals surface area contributed by atoms with Crippen LogP contribution in [0.4, 0.5) is 0 Å². The van der Waals surface area contributed by atoms with Gasteiger partial charge in [0.2, 0.25) is 0 Å². The zero-order chi connectivity index (χ0) is 26.3. The van der Waals surface area contributed by atoms with E-state index in [1.165, 1.54) is 5.57 Å². The number of fused-ring (bicyclic) bond motifs is 3. The van der Waals surface area contributed by atoms with Crippen molar-refractivity contribution in [2.24, 2.45) is 11.8 Å². The second-order valence-electron chi connectivity index (χ2n) is 11.0. The molecule has 2 aliphatic rings. The van der Waals surface area contributed by atoms with Gasteiger partial charge in [0.1, 0.15) is 17.1 Å². The number of rotatable bonds is 13. The molecule has 7 heteroatoms. The first-order valence-electron chi connectivity index (χ1n) is 13.7. The van der Waals surface area contributed by atoms with Gasteiger partial charge in [0.25, 0.3) is 5.09 Å². The van der Waals surface area contributed by atoms with E-state index in [9.17, 15) is 14.9 Å². The monoisotopic (exact) mass is 501 g/mol. The van der Waals surface area contributed by atoms with Crippen molar-refractivity contribution in [2.75, 3.05) is 6.61 Å². The maximum absolute atomic E-state index is 13.3. The van der Waals surface area contributed by atoms with E-state index in [0.717, 1.165) is 74.7 Å². The Morgan fingerprint density at radius 2 is 1.92 bits per heavy atom. The van der Waals surface area contributed by atoms with Crippen molar-refractivity contribution in [3.63, 3.8) is 0 Å². The van der Waals surface area contributed by atoms with E-state index >= 15 is 0 Å². The first-order valence-corrected chi connectivity index (χ1v) is 13.7. The van der Waals surface area contributed by atoms with Gasteiger partial charge >= 0.3 is 5.97 Å². The molecule has 2 unspecified atom stereocenters. The van der Waals surface area contributed by atoms with Crippen LogP contribution in [0.25, 0.3) is 0 Å². The number of nitrogens with zero attached hydrogens (tertiary/aromatic N) is 1. The van der Waals surface area contributed by atoms with Crippen molar-refractivity contribution in [2.45, 2.75) is 110 Å². The molecule has 0 saturated heterocycles. The van der Waals surface area contributed by atoms with Crippen LogP contribution in [0.2, 0.25) is 0 Å². The SMILES string of the molecule is CCCC(CCC)C(=O)Oc1cc(CCCCCO[N+](=O)[O-])cc2c1C1C=C(C)CCC1C(C)(C)O2. The van der Waals surface area contributed by atoms with Crippen LogP contribution in [0.5, 0.6) is 11.5 Å². The van der Waals surface area contributed by atoms with Crippen molar-refractivity contribution in [1.29, 1.82) is 0 Å². The van der Waals surface area contributed by atoms with Gasteiger partial charge in [-0.2, -0.15) is 0 Å². The summed E-state index contributed by atoms with van der Waals surface area (Å²) in [4.78, 5) is 28.0. The number of ether oxygens (including phenoxy) is 2. The molecular weight excluding hydrogens is 458 g/mol. The van der Waals surface area contributed by atoms with E-state index in [1.807, 2.05) is 6.07 Å². The quantitative estimate of drug-likeness (QED) is 0.0701. The minimum absolute atomic E-state index is 0.0960. The molecule has 0 radical (unpaired) electrons. The maximum Gasteiger partial charge on any atom is 0.314 e. The maximum atomic E-state index is 13.3. The molecule has 7 nitrogen and oxygen atoms in total. The Hall–Kier alpha value is -2.57. The third-order valence-electron chi connectivity index (χ3n) is 7.64. The van der Waals surface area contributed by atoms with Crippen molar-refractivity contribution in [3.8, 4) is 11.5 Å². The average Bonchev–Trinajstić information content (AvgIpc) is 2.80. The lowest BCUT2D eigenvalue weighted by atomic mass is 9.68.